The monoisotopic (exact) mass is 622 g/mol. The molecule has 0 radical (unpaired) electrons. The summed E-state index contributed by atoms with van der Waals surface area (Å²) < 4.78 is 6.93. The van der Waals surface area contributed by atoms with Gasteiger partial charge in [-0.1, -0.05) is 26.3 Å². The highest BCUT2D eigenvalue weighted by atomic mass is 35.5. The van der Waals surface area contributed by atoms with E-state index in [1.165, 1.54) is 10.5 Å². The molecule has 44 heavy (non-hydrogen) atoms. The Labute approximate surface area is 262 Å². The van der Waals surface area contributed by atoms with Crippen molar-refractivity contribution in [3.05, 3.63) is 62.4 Å². The third-order valence-corrected chi connectivity index (χ3v) is 10.3. The molecule has 234 valence electrons. The number of pyridine rings is 2. The van der Waals surface area contributed by atoms with Crippen molar-refractivity contribution in [1.29, 1.82) is 0 Å². The maximum Gasteiger partial charge on any atom is 0.407 e. The molecule has 0 bridgehead atoms. The van der Waals surface area contributed by atoms with Crippen LogP contribution in [0.3, 0.4) is 0 Å². The molecule has 11 heteroatoms. The van der Waals surface area contributed by atoms with Gasteiger partial charge in [-0.3, -0.25) is 9.69 Å². The van der Waals surface area contributed by atoms with Gasteiger partial charge in [-0.05, 0) is 74.4 Å². The number of halogens is 1. The minimum Gasteiger partial charge on any atom is -0.465 e. The zero-order valence-electron chi connectivity index (χ0n) is 25.2. The van der Waals surface area contributed by atoms with Crippen LogP contribution in [0.2, 0.25) is 0 Å². The number of likely N-dealkylation sites (tertiary alicyclic amines) is 2. The van der Waals surface area contributed by atoms with Crippen LogP contribution in [-0.2, 0) is 34.7 Å². The van der Waals surface area contributed by atoms with Gasteiger partial charge in [0.2, 0.25) is 0 Å². The number of nitrogens with zero attached hydrogens (tertiary/aromatic N) is 4. The van der Waals surface area contributed by atoms with Crippen LogP contribution in [-0.4, -0.2) is 67.3 Å². The second kappa shape index (κ2) is 11.5. The van der Waals surface area contributed by atoms with Gasteiger partial charge in [0.1, 0.15) is 6.61 Å². The van der Waals surface area contributed by atoms with Gasteiger partial charge in [0.25, 0.3) is 5.56 Å². The summed E-state index contributed by atoms with van der Waals surface area (Å²) >= 11 is 0. The number of rotatable bonds is 4. The fourth-order valence-electron chi connectivity index (χ4n) is 7.93. The highest BCUT2D eigenvalue weighted by molar-refractivity contribution is 5.89. The quantitative estimate of drug-likeness (QED) is 0.313. The van der Waals surface area contributed by atoms with Crippen molar-refractivity contribution < 1.29 is 24.5 Å². The molecule has 2 aromatic heterocycles. The Balaban J connectivity index is 0.00000343. The zero-order valence-corrected chi connectivity index (χ0v) is 26.0. The first-order valence-electron chi connectivity index (χ1n) is 15.6. The standard InChI is InChI=1S/C33H38N4O6.ClH/c1-3-21-22-15-19(27-7-5-6-12-36(27)20-10-13-35(14-11-20)32(40)41)8-9-26(22)34-29-23(21)17-37-28(29)16-25-24(30(37)38)18-43-31(39)33(25,42)4-2;/h8-9,15-16,20,27,42H,3-7,10-14,17-18H2,1-2H3,(H,40,41);1H/t27-,33?;/m0./s1. The molecule has 4 aliphatic rings. The SMILES string of the molecule is CCc1c2c(nc3ccc([C@@H]4CCCCN4C4CCN(C(=O)O)CC4)cc13)-c1cc3c(c(=O)n1C2)COC(=O)C3(O)CC.Cl. The highest BCUT2D eigenvalue weighted by Crippen LogP contribution is 2.42. The minimum absolute atomic E-state index is 0. The van der Waals surface area contributed by atoms with Crippen molar-refractivity contribution in [3.63, 3.8) is 0 Å². The van der Waals surface area contributed by atoms with E-state index in [2.05, 4.69) is 30.0 Å². The lowest BCUT2D eigenvalue weighted by atomic mass is 9.86. The number of hydrogen-bond donors (Lipinski definition) is 2. The Bertz CT molecular complexity index is 1710. The van der Waals surface area contributed by atoms with Crippen LogP contribution in [0.1, 0.15) is 86.2 Å². The maximum absolute atomic E-state index is 13.7. The molecule has 1 aromatic carbocycles. The molecule has 1 unspecified atom stereocenters. The number of esters is 1. The van der Waals surface area contributed by atoms with Crippen molar-refractivity contribution in [2.24, 2.45) is 0 Å². The summed E-state index contributed by atoms with van der Waals surface area (Å²) in [6.07, 6.45) is 5.14. The molecule has 0 spiro atoms. The third-order valence-electron chi connectivity index (χ3n) is 10.3. The van der Waals surface area contributed by atoms with Crippen LogP contribution >= 0.6 is 12.4 Å². The number of amides is 1. The van der Waals surface area contributed by atoms with E-state index in [1.54, 1.807) is 17.6 Å². The van der Waals surface area contributed by atoms with Crippen LogP contribution in [0.15, 0.2) is 29.1 Å². The molecule has 2 N–H and O–H groups in total. The number of fused-ring (bicyclic) bond motifs is 5. The molecule has 3 aromatic rings. The Kier molecular flexibility index (Phi) is 7.96. The first-order valence-corrected chi connectivity index (χ1v) is 15.6. The first kappa shape index (κ1) is 30.6. The summed E-state index contributed by atoms with van der Waals surface area (Å²) in [6.45, 7) is 6.27. The molecule has 0 saturated carbocycles. The van der Waals surface area contributed by atoms with Gasteiger partial charge in [-0.15, -0.1) is 12.4 Å². The number of ether oxygens (including phenoxy) is 1. The molecule has 1 amide bonds. The molecular formula is C33H39ClN4O6. The van der Waals surface area contributed by atoms with E-state index in [0.29, 0.717) is 42.5 Å². The fourth-order valence-corrected chi connectivity index (χ4v) is 7.93. The maximum atomic E-state index is 13.7. The number of aryl methyl sites for hydroxylation is 1. The number of piperidine rings is 2. The predicted molar refractivity (Wildman–Crippen MR) is 167 cm³/mol. The predicted octanol–water partition coefficient (Wildman–Crippen LogP) is 4.73. The lowest BCUT2D eigenvalue weighted by Crippen LogP contribution is -2.48. The Morgan fingerprint density at radius 1 is 1.07 bits per heavy atom. The summed E-state index contributed by atoms with van der Waals surface area (Å²) in [5, 5.41) is 21.7. The smallest absolute Gasteiger partial charge is 0.407 e. The number of carbonyl (C=O) groups excluding carboxylic acids is 1. The fraction of sp³-hybridized carbons (Fsp3) is 0.515. The largest absolute Gasteiger partial charge is 0.465 e. The van der Waals surface area contributed by atoms with Crippen molar-refractivity contribution in [2.45, 2.75) is 89.6 Å². The average Bonchev–Trinajstić information content (AvgIpc) is 3.40. The average molecular weight is 623 g/mol. The van der Waals surface area contributed by atoms with E-state index in [-0.39, 0.29) is 37.0 Å². The van der Waals surface area contributed by atoms with Crippen molar-refractivity contribution >= 4 is 35.4 Å². The second-order valence-electron chi connectivity index (χ2n) is 12.4. The third kappa shape index (κ3) is 4.61. The van der Waals surface area contributed by atoms with Gasteiger partial charge >= 0.3 is 12.1 Å². The Morgan fingerprint density at radius 2 is 1.84 bits per heavy atom. The molecule has 10 nitrogen and oxygen atoms in total. The molecule has 2 fully saturated rings. The topological polar surface area (TPSA) is 125 Å². The van der Waals surface area contributed by atoms with Crippen molar-refractivity contribution in [1.82, 2.24) is 19.4 Å². The molecule has 2 atom stereocenters. The minimum atomic E-state index is -1.85. The molecule has 6 heterocycles. The molecule has 2 saturated heterocycles. The number of carboxylic acid groups (broad SMARTS) is 1. The van der Waals surface area contributed by atoms with E-state index in [4.69, 9.17) is 9.72 Å². The second-order valence-corrected chi connectivity index (χ2v) is 12.4. The summed E-state index contributed by atoms with van der Waals surface area (Å²) in [5.41, 5.74) is 4.24. The van der Waals surface area contributed by atoms with Crippen LogP contribution < -0.4 is 5.56 Å². The van der Waals surface area contributed by atoms with Gasteiger partial charge in [0.05, 0.1) is 29.0 Å². The lowest BCUT2D eigenvalue weighted by Gasteiger charge is -2.44. The first-order chi connectivity index (χ1) is 20.7. The Morgan fingerprint density at radius 3 is 2.55 bits per heavy atom. The molecule has 0 aliphatic carbocycles. The van der Waals surface area contributed by atoms with E-state index in [0.717, 1.165) is 72.8 Å². The number of aromatic nitrogens is 2. The van der Waals surface area contributed by atoms with Crippen LogP contribution in [0.25, 0.3) is 22.3 Å². The molecular weight excluding hydrogens is 584 g/mol. The van der Waals surface area contributed by atoms with Gasteiger partial charge in [-0.25, -0.2) is 14.6 Å². The van der Waals surface area contributed by atoms with Crippen LogP contribution in [0, 0.1) is 0 Å². The van der Waals surface area contributed by atoms with E-state index in [1.807, 2.05) is 0 Å². The zero-order chi connectivity index (χ0) is 30.0. The number of hydrogen-bond acceptors (Lipinski definition) is 7. The summed E-state index contributed by atoms with van der Waals surface area (Å²) in [4.78, 5) is 46.9. The van der Waals surface area contributed by atoms with Gasteiger partial charge in [-0.2, -0.15) is 0 Å². The van der Waals surface area contributed by atoms with Gasteiger partial charge in [0, 0.05) is 41.7 Å². The highest BCUT2D eigenvalue weighted by Gasteiger charge is 2.45. The normalized spacial score (nSPS) is 23.5. The number of carbonyl (C=O) groups is 2. The van der Waals surface area contributed by atoms with E-state index >= 15 is 0 Å². The number of cyclic esters (lactones) is 1. The van der Waals surface area contributed by atoms with Crippen molar-refractivity contribution in [3.8, 4) is 11.4 Å². The molecule has 7 rings (SSSR count). The van der Waals surface area contributed by atoms with E-state index < -0.39 is 17.7 Å². The van der Waals surface area contributed by atoms with E-state index in [9.17, 15) is 24.6 Å². The summed E-state index contributed by atoms with van der Waals surface area (Å²) in [7, 11) is 0. The van der Waals surface area contributed by atoms with Crippen LogP contribution in [0.5, 0.6) is 0 Å². The van der Waals surface area contributed by atoms with Gasteiger partial charge < -0.3 is 24.4 Å². The summed E-state index contributed by atoms with van der Waals surface area (Å²) in [5.74, 6) is -0.720. The Hall–Kier alpha value is -3.47. The molecule has 4 aliphatic heterocycles. The van der Waals surface area contributed by atoms with Crippen LogP contribution in [0.4, 0.5) is 4.79 Å². The van der Waals surface area contributed by atoms with Crippen molar-refractivity contribution in [2.75, 3.05) is 19.6 Å². The lowest BCUT2D eigenvalue weighted by molar-refractivity contribution is -0.172. The van der Waals surface area contributed by atoms with Gasteiger partial charge in [0.15, 0.2) is 5.60 Å². The number of aliphatic hydroxyl groups is 1. The number of benzene rings is 1. The summed E-state index contributed by atoms with van der Waals surface area (Å²) in [6, 6.07) is 8.96.